The number of nitrogens with one attached hydrogen (secondary N) is 1. The van der Waals surface area contributed by atoms with Crippen molar-refractivity contribution < 1.29 is 9.59 Å². The molecule has 0 unspecified atom stereocenters. The van der Waals surface area contributed by atoms with E-state index in [1.165, 1.54) is 0 Å². The molecule has 0 spiro atoms. The number of amides is 2. The van der Waals surface area contributed by atoms with Gasteiger partial charge in [-0.3, -0.25) is 14.4 Å². The van der Waals surface area contributed by atoms with Crippen LogP contribution in [0.4, 0.5) is 0 Å². The van der Waals surface area contributed by atoms with Crippen molar-refractivity contribution in [2.75, 3.05) is 0 Å². The largest absolute Gasteiger partial charge is 0.370 e. The monoisotopic (exact) mass is 220 g/mol. The minimum Gasteiger partial charge on any atom is -0.370 e. The Morgan fingerprint density at radius 2 is 1.50 bits per heavy atom. The molecule has 3 N–H and O–H groups in total. The molecule has 0 aliphatic carbocycles. The summed E-state index contributed by atoms with van der Waals surface area (Å²) in [7, 11) is 0. The van der Waals surface area contributed by atoms with Crippen LogP contribution in [0, 0.1) is 0 Å². The van der Waals surface area contributed by atoms with E-state index >= 15 is 0 Å². The average Bonchev–Trinajstić information content (AvgIpc) is 2.15. The second-order valence-corrected chi connectivity index (χ2v) is 3.44. The minimum absolute atomic E-state index is 0.135. The lowest BCUT2D eigenvalue weighted by atomic mass is 10.1. The molecule has 0 saturated heterocycles. The predicted molar refractivity (Wildman–Crippen MR) is 55.5 cm³/mol. The highest BCUT2D eigenvalue weighted by Crippen LogP contribution is 2.06. The molecule has 4 nitrogen and oxygen atoms in total. The van der Waals surface area contributed by atoms with Crippen molar-refractivity contribution >= 4 is 23.6 Å². The summed E-state index contributed by atoms with van der Waals surface area (Å²) in [5.74, 6) is -0.379. The van der Waals surface area contributed by atoms with E-state index in [1.807, 2.05) is 0 Å². The highest BCUT2D eigenvalue weighted by Gasteiger charge is 1.98. The van der Waals surface area contributed by atoms with E-state index in [0.29, 0.717) is 12.8 Å². The van der Waals surface area contributed by atoms with Crippen molar-refractivity contribution in [1.82, 2.24) is 4.84 Å². The molecule has 0 aromatic heterocycles. The highest BCUT2D eigenvalue weighted by molar-refractivity contribution is 6.21. The summed E-state index contributed by atoms with van der Waals surface area (Å²) < 4.78 is 0. The fourth-order valence-corrected chi connectivity index (χ4v) is 1.26. The van der Waals surface area contributed by atoms with Crippen molar-refractivity contribution in [3.8, 4) is 0 Å². The SMILES string of the molecule is NC(=O)CCCCCCCC(=O)NCl. The van der Waals surface area contributed by atoms with Crippen molar-refractivity contribution in [1.29, 1.82) is 0 Å². The fraction of sp³-hybridized carbons (Fsp3) is 0.778. The second-order valence-electron chi connectivity index (χ2n) is 3.25. The molecule has 0 atom stereocenters. The Morgan fingerprint density at radius 1 is 1.00 bits per heavy atom. The number of hydrogen-bond acceptors (Lipinski definition) is 2. The summed E-state index contributed by atoms with van der Waals surface area (Å²) in [6, 6.07) is 0. The molecule has 0 heterocycles. The number of halogens is 1. The van der Waals surface area contributed by atoms with Crippen LogP contribution in [0.15, 0.2) is 0 Å². The minimum atomic E-state index is -0.244. The summed E-state index contributed by atoms with van der Waals surface area (Å²) in [5.41, 5.74) is 4.98. The first-order valence-corrected chi connectivity index (χ1v) is 5.22. The Morgan fingerprint density at radius 3 is 2.00 bits per heavy atom. The third-order valence-electron chi connectivity index (χ3n) is 1.93. The van der Waals surface area contributed by atoms with E-state index in [9.17, 15) is 9.59 Å². The number of hydrogen-bond donors (Lipinski definition) is 2. The van der Waals surface area contributed by atoms with Crippen LogP contribution in [0.3, 0.4) is 0 Å². The smallest absolute Gasteiger partial charge is 0.234 e. The third-order valence-corrected chi connectivity index (χ3v) is 2.14. The Labute approximate surface area is 89.3 Å². The summed E-state index contributed by atoms with van der Waals surface area (Å²) >= 11 is 5.10. The van der Waals surface area contributed by atoms with Crippen molar-refractivity contribution in [3.05, 3.63) is 0 Å². The molecule has 0 aliphatic rings. The topological polar surface area (TPSA) is 72.2 Å². The molecule has 0 radical (unpaired) electrons. The summed E-state index contributed by atoms with van der Waals surface area (Å²) in [5, 5.41) is 0. The van der Waals surface area contributed by atoms with Gasteiger partial charge in [-0.1, -0.05) is 19.3 Å². The van der Waals surface area contributed by atoms with Gasteiger partial charge in [0.05, 0.1) is 0 Å². The molecule has 0 bridgehead atoms. The van der Waals surface area contributed by atoms with Gasteiger partial charge in [0.25, 0.3) is 0 Å². The van der Waals surface area contributed by atoms with Gasteiger partial charge >= 0.3 is 0 Å². The molecule has 0 saturated carbocycles. The normalized spacial score (nSPS) is 9.79. The average molecular weight is 221 g/mol. The van der Waals surface area contributed by atoms with Crippen LogP contribution in [0.1, 0.15) is 44.9 Å². The summed E-state index contributed by atoms with van der Waals surface area (Å²) in [6.07, 6.45) is 5.63. The van der Waals surface area contributed by atoms with Gasteiger partial charge in [0, 0.05) is 24.6 Å². The van der Waals surface area contributed by atoms with Crippen LogP contribution in [-0.2, 0) is 9.59 Å². The maximum atomic E-state index is 10.7. The molecule has 82 valence electrons. The van der Waals surface area contributed by atoms with E-state index in [1.54, 1.807) is 0 Å². The zero-order chi connectivity index (χ0) is 10.8. The van der Waals surface area contributed by atoms with Crippen LogP contribution < -0.4 is 10.6 Å². The van der Waals surface area contributed by atoms with Crippen LogP contribution in [0.5, 0.6) is 0 Å². The van der Waals surface area contributed by atoms with Crippen LogP contribution >= 0.6 is 11.8 Å². The maximum Gasteiger partial charge on any atom is 0.234 e. The first kappa shape index (κ1) is 13.2. The van der Waals surface area contributed by atoms with Gasteiger partial charge in [-0.15, -0.1) is 0 Å². The number of nitrogens with two attached hydrogens (primary N) is 1. The zero-order valence-electron chi connectivity index (χ0n) is 8.22. The third kappa shape index (κ3) is 9.32. The van der Waals surface area contributed by atoms with Gasteiger partial charge in [0.15, 0.2) is 0 Å². The molecule has 14 heavy (non-hydrogen) atoms. The molecule has 0 rings (SSSR count). The number of primary amides is 1. The van der Waals surface area contributed by atoms with E-state index in [0.717, 1.165) is 32.1 Å². The molecule has 0 aliphatic heterocycles. The lowest BCUT2D eigenvalue weighted by molar-refractivity contribution is -0.119. The molecule has 0 fully saturated rings. The molecule has 0 aromatic rings. The number of unbranched alkanes of at least 4 members (excludes halogenated alkanes) is 4. The van der Waals surface area contributed by atoms with Crippen LogP contribution in [-0.4, -0.2) is 11.8 Å². The van der Waals surface area contributed by atoms with Gasteiger partial charge in [0.2, 0.25) is 11.8 Å². The Hall–Kier alpha value is -0.770. The maximum absolute atomic E-state index is 10.7. The van der Waals surface area contributed by atoms with Gasteiger partial charge in [-0.25, -0.2) is 0 Å². The molecule has 5 heteroatoms. The molecule has 2 amide bonds. The summed E-state index contributed by atoms with van der Waals surface area (Å²) in [6.45, 7) is 0. The van der Waals surface area contributed by atoms with E-state index in [-0.39, 0.29) is 11.8 Å². The lowest BCUT2D eigenvalue weighted by Gasteiger charge is -1.99. The van der Waals surface area contributed by atoms with Crippen LogP contribution in [0.25, 0.3) is 0 Å². The number of carbonyl (C=O) groups is 2. The second kappa shape index (κ2) is 8.81. The van der Waals surface area contributed by atoms with Gasteiger partial charge in [-0.2, -0.15) is 0 Å². The Kier molecular flexibility index (Phi) is 8.33. The molecular weight excluding hydrogens is 204 g/mol. The van der Waals surface area contributed by atoms with Gasteiger partial charge < -0.3 is 5.73 Å². The first-order valence-electron chi connectivity index (χ1n) is 4.84. The lowest BCUT2D eigenvalue weighted by Crippen LogP contribution is -2.11. The zero-order valence-corrected chi connectivity index (χ0v) is 8.98. The first-order chi connectivity index (χ1) is 6.66. The van der Waals surface area contributed by atoms with Crippen molar-refractivity contribution in [2.45, 2.75) is 44.9 Å². The van der Waals surface area contributed by atoms with E-state index < -0.39 is 0 Å². The Balaban J connectivity index is 3.06. The van der Waals surface area contributed by atoms with Crippen molar-refractivity contribution in [3.63, 3.8) is 0 Å². The number of carbonyl (C=O) groups excluding carboxylic acids is 2. The predicted octanol–water partition coefficient (Wildman–Crippen LogP) is 1.47. The Bertz CT molecular complexity index is 186. The van der Waals surface area contributed by atoms with Crippen molar-refractivity contribution in [2.24, 2.45) is 5.73 Å². The highest BCUT2D eigenvalue weighted by atomic mass is 35.5. The standard InChI is InChI=1S/C9H17ClN2O2/c10-12-9(14)7-5-3-1-2-4-6-8(11)13/h1-7H2,(H2,11,13)(H,12,14). The number of rotatable bonds is 8. The fourth-order valence-electron chi connectivity index (χ4n) is 1.16. The van der Waals surface area contributed by atoms with E-state index in [2.05, 4.69) is 4.84 Å². The molecule has 0 aromatic carbocycles. The molecular formula is C9H17ClN2O2. The van der Waals surface area contributed by atoms with Gasteiger partial charge in [0.1, 0.15) is 0 Å². The van der Waals surface area contributed by atoms with E-state index in [4.69, 9.17) is 17.5 Å². The van der Waals surface area contributed by atoms with Crippen LogP contribution in [0.2, 0.25) is 0 Å². The summed E-state index contributed by atoms with van der Waals surface area (Å²) in [4.78, 5) is 23.1. The van der Waals surface area contributed by atoms with Gasteiger partial charge in [-0.05, 0) is 12.8 Å². The quantitative estimate of drug-likeness (QED) is 0.480.